The van der Waals surface area contributed by atoms with Gasteiger partial charge in [0.05, 0.1) is 6.54 Å². The lowest BCUT2D eigenvalue weighted by atomic mass is 10.1. The minimum atomic E-state index is -1.28. The van der Waals surface area contributed by atoms with E-state index in [2.05, 4.69) is 10.6 Å². The number of ether oxygens (including phenoxy) is 1. The predicted molar refractivity (Wildman–Crippen MR) is 130 cm³/mol. The molecule has 3 rings (SSSR count). The van der Waals surface area contributed by atoms with Crippen molar-refractivity contribution in [3.05, 3.63) is 65.2 Å². The number of rotatable bonds is 7. The van der Waals surface area contributed by atoms with Gasteiger partial charge in [0, 0.05) is 29.4 Å². The minimum Gasteiger partial charge on any atom is -0.550 e. The molecule has 0 saturated carbocycles. The quantitative estimate of drug-likeness (QED) is 0.522. The van der Waals surface area contributed by atoms with Gasteiger partial charge in [0.1, 0.15) is 17.0 Å². The first-order valence-electron chi connectivity index (χ1n) is 11.3. The largest absolute Gasteiger partial charge is 0.550 e. The van der Waals surface area contributed by atoms with Crippen LogP contribution in [0, 0.1) is 11.6 Å². The standard InChI is InChI=1S/C25H27F2N3O6S/c1-25(2,3)36-23(34)18-13-37-22(16-8-5-9-17(26)21(16)27)30(18)19(31)12-28-24(35)29-15-7-4-6-14(10-15)11-20(32)33/h4-10,18,22H,11-13H2,1-3H3,(H,32,33)(H2,28,29,35)/p-1. The molecular weight excluding hydrogens is 508 g/mol. The SMILES string of the molecule is CC(C)(C)OC(=O)C1CSC(c2cccc(F)c2F)N1C(=O)CNC(=O)Nc1cccc(CC(=O)[O-])c1. The first kappa shape index (κ1) is 27.9. The van der Waals surface area contributed by atoms with Crippen LogP contribution in [0.25, 0.3) is 0 Å². The van der Waals surface area contributed by atoms with Crippen LogP contribution in [0.3, 0.4) is 0 Å². The first-order valence-corrected chi connectivity index (χ1v) is 12.3. The maximum atomic E-state index is 14.6. The molecule has 2 aromatic carbocycles. The highest BCUT2D eigenvalue weighted by Crippen LogP contribution is 2.43. The fraction of sp³-hybridized carbons (Fsp3) is 0.360. The molecule has 0 aromatic heterocycles. The Balaban J connectivity index is 1.75. The third-order valence-electron chi connectivity index (χ3n) is 5.15. The topological polar surface area (TPSA) is 128 Å². The Kier molecular flexibility index (Phi) is 8.74. The monoisotopic (exact) mass is 534 g/mol. The third-order valence-corrected chi connectivity index (χ3v) is 6.45. The molecular formula is C25H26F2N3O6S-. The van der Waals surface area contributed by atoms with E-state index in [0.717, 1.165) is 22.7 Å². The summed E-state index contributed by atoms with van der Waals surface area (Å²) in [6, 6.07) is 7.78. The van der Waals surface area contributed by atoms with E-state index in [-0.39, 0.29) is 23.4 Å². The molecule has 2 aromatic rings. The maximum absolute atomic E-state index is 14.6. The number of anilines is 1. The van der Waals surface area contributed by atoms with E-state index in [1.165, 1.54) is 24.3 Å². The molecule has 1 heterocycles. The predicted octanol–water partition coefficient (Wildman–Crippen LogP) is 2.36. The number of hydrogen-bond acceptors (Lipinski definition) is 7. The summed E-state index contributed by atoms with van der Waals surface area (Å²) in [6.45, 7) is 4.43. The summed E-state index contributed by atoms with van der Waals surface area (Å²) < 4.78 is 33.9. The summed E-state index contributed by atoms with van der Waals surface area (Å²) in [4.78, 5) is 50.3. The van der Waals surface area contributed by atoms with Crippen LogP contribution in [0.2, 0.25) is 0 Å². The number of hydrogen-bond donors (Lipinski definition) is 2. The zero-order chi connectivity index (χ0) is 27.3. The van der Waals surface area contributed by atoms with E-state index in [1.807, 2.05) is 0 Å². The van der Waals surface area contributed by atoms with Gasteiger partial charge in [-0.15, -0.1) is 11.8 Å². The summed E-state index contributed by atoms with van der Waals surface area (Å²) >= 11 is 1.08. The van der Waals surface area contributed by atoms with Gasteiger partial charge in [0.2, 0.25) is 5.91 Å². The normalized spacial score (nSPS) is 17.3. The zero-order valence-corrected chi connectivity index (χ0v) is 21.2. The van der Waals surface area contributed by atoms with Crippen LogP contribution < -0.4 is 15.7 Å². The van der Waals surface area contributed by atoms with Crippen molar-refractivity contribution in [1.29, 1.82) is 0 Å². The van der Waals surface area contributed by atoms with E-state index < -0.39 is 59.1 Å². The lowest BCUT2D eigenvalue weighted by molar-refractivity contribution is -0.304. The van der Waals surface area contributed by atoms with Gasteiger partial charge in [0.25, 0.3) is 0 Å². The van der Waals surface area contributed by atoms with Crippen molar-refractivity contribution < 1.29 is 37.8 Å². The van der Waals surface area contributed by atoms with Gasteiger partial charge in [-0.25, -0.2) is 18.4 Å². The zero-order valence-electron chi connectivity index (χ0n) is 20.4. The van der Waals surface area contributed by atoms with Gasteiger partial charge in [-0.05, 0) is 44.5 Å². The number of carbonyl (C=O) groups is 4. The molecule has 0 radical (unpaired) electrons. The molecule has 37 heavy (non-hydrogen) atoms. The molecule has 2 N–H and O–H groups in total. The molecule has 1 saturated heterocycles. The molecule has 0 bridgehead atoms. The van der Waals surface area contributed by atoms with Crippen molar-refractivity contribution in [2.75, 3.05) is 17.6 Å². The Morgan fingerprint density at radius 1 is 1.14 bits per heavy atom. The van der Waals surface area contributed by atoms with Crippen molar-refractivity contribution in [2.45, 2.75) is 44.2 Å². The number of carbonyl (C=O) groups excluding carboxylic acids is 4. The molecule has 3 amide bonds. The lowest BCUT2D eigenvalue weighted by Gasteiger charge is -2.30. The van der Waals surface area contributed by atoms with Gasteiger partial charge >= 0.3 is 12.0 Å². The molecule has 12 heteroatoms. The van der Waals surface area contributed by atoms with Gasteiger partial charge in [0.15, 0.2) is 11.6 Å². The van der Waals surface area contributed by atoms with E-state index in [4.69, 9.17) is 4.74 Å². The number of halogens is 2. The second kappa shape index (κ2) is 11.6. The molecule has 1 fully saturated rings. The van der Waals surface area contributed by atoms with Crippen LogP contribution in [0.15, 0.2) is 42.5 Å². The van der Waals surface area contributed by atoms with E-state index in [9.17, 15) is 33.1 Å². The smallest absolute Gasteiger partial charge is 0.330 e. The van der Waals surface area contributed by atoms with Crippen molar-refractivity contribution in [1.82, 2.24) is 10.2 Å². The average molecular weight is 535 g/mol. The second-order valence-corrected chi connectivity index (χ2v) is 10.3. The number of nitrogens with one attached hydrogen (secondary N) is 2. The Morgan fingerprint density at radius 2 is 1.84 bits per heavy atom. The van der Waals surface area contributed by atoms with Crippen LogP contribution in [-0.4, -0.2) is 52.7 Å². The average Bonchev–Trinajstić information content (AvgIpc) is 3.23. The molecule has 2 unspecified atom stereocenters. The number of thioether (sulfide) groups is 1. The van der Waals surface area contributed by atoms with Crippen molar-refractivity contribution >= 4 is 41.3 Å². The van der Waals surface area contributed by atoms with Gasteiger partial charge in [-0.3, -0.25) is 4.79 Å². The molecule has 1 aliphatic rings. The molecule has 1 aliphatic heterocycles. The van der Waals surface area contributed by atoms with Crippen molar-refractivity contribution in [3.8, 4) is 0 Å². The number of nitrogens with zero attached hydrogens (tertiary/aromatic N) is 1. The molecule has 198 valence electrons. The fourth-order valence-corrected chi connectivity index (χ4v) is 5.11. The summed E-state index contributed by atoms with van der Waals surface area (Å²) in [5.74, 6) is -4.84. The van der Waals surface area contributed by atoms with Crippen LogP contribution in [-0.2, 0) is 25.5 Å². The van der Waals surface area contributed by atoms with Gasteiger partial charge in [-0.2, -0.15) is 0 Å². The summed E-state index contributed by atoms with van der Waals surface area (Å²) in [6.07, 6.45) is -0.341. The van der Waals surface area contributed by atoms with E-state index >= 15 is 0 Å². The molecule has 0 spiro atoms. The van der Waals surface area contributed by atoms with Crippen LogP contribution in [0.4, 0.5) is 19.3 Å². The molecule has 9 nitrogen and oxygen atoms in total. The second-order valence-electron chi connectivity index (χ2n) is 9.24. The number of amides is 3. The lowest BCUT2D eigenvalue weighted by Crippen LogP contribution is -2.49. The minimum absolute atomic E-state index is 0.0820. The highest BCUT2D eigenvalue weighted by Gasteiger charge is 2.45. The molecule has 2 atom stereocenters. The number of benzene rings is 2. The van der Waals surface area contributed by atoms with Crippen molar-refractivity contribution in [3.63, 3.8) is 0 Å². The first-order chi connectivity index (χ1) is 17.4. The number of carboxylic acids is 1. The van der Waals surface area contributed by atoms with Crippen LogP contribution in [0.5, 0.6) is 0 Å². The van der Waals surface area contributed by atoms with Crippen molar-refractivity contribution in [2.24, 2.45) is 0 Å². The summed E-state index contributed by atoms with van der Waals surface area (Å²) in [5, 5.41) is 14.6. The fourth-order valence-electron chi connectivity index (χ4n) is 3.66. The number of esters is 1. The third kappa shape index (κ3) is 7.42. The number of urea groups is 1. The Morgan fingerprint density at radius 3 is 2.51 bits per heavy atom. The number of carboxylic acid groups (broad SMARTS) is 1. The molecule has 0 aliphatic carbocycles. The van der Waals surface area contributed by atoms with Gasteiger partial charge in [-0.1, -0.05) is 24.3 Å². The Hall–Kier alpha value is -3.67. The van der Waals surface area contributed by atoms with Crippen LogP contribution in [0.1, 0.15) is 37.3 Å². The Labute approximate surface area is 216 Å². The maximum Gasteiger partial charge on any atom is 0.330 e. The Bertz CT molecular complexity index is 1200. The number of aliphatic carboxylic acids is 1. The van der Waals surface area contributed by atoms with Crippen LogP contribution >= 0.6 is 11.8 Å². The van der Waals surface area contributed by atoms with E-state index in [0.29, 0.717) is 5.56 Å². The van der Waals surface area contributed by atoms with E-state index in [1.54, 1.807) is 32.9 Å². The van der Waals surface area contributed by atoms with Gasteiger partial charge < -0.3 is 30.2 Å². The summed E-state index contributed by atoms with van der Waals surface area (Å²) in [5.41, 5.74) is -0.268. The summed E-state index contributed by atoms with van der Waals surface area (Å²) in [7, 11) is 0. The highest BCUT2D eigenvalue weighted by atomic mass is 32.2. The highest BCUT2D eigenvalue weighted by molar-refractivity contribution is 7.99.